The van der Waals surface area contributed by atoms with Crippen LogP contribution in [0.25, 0.3) is 11.0 Å². The molecule has 0 saturated carbocycles. The third-order valence-electron chi connectivity index (χ3n) is 3.59. The van der Waals surface area contributed by atoms with Gasteiger partial charge < -0.3 is 9.88 Å². The first-order valence-corrected chi connectivity index (χ1v) is 7.53. The molecule has 0 bridgehead atoms. The van der Waals surface area contributed by atoms with Gasteiger partial charge in [0.15, 0.2) is 0 Å². The maximum absolute atomic E-state index is 12.4. The molecule has 0 unspecified atom stereocenters. The summed E-state index contributed by atoms with van der Waals surface area (Å²) in [7, 11) is 0. The molecule has 0 spiro atoms. The van der Waals surface area contributed by atoms with Gasteiger partial charge in [0.2, 0.25) is 0 Å². The fourth-order valence-electron chi connectivity index (χ4n) is 2.42. The van der Waals surface area contributed by atoms with Gasteiger partial charge in [-0.1, -0.05) is 23.7 Å². The Morgan fingerprint density at radius 1 is 1.27 bits per heavy atom. The molecule has 1 amide bonds. The average Bonchev–Trinajstić information content (AvgIpc) is 2.93. The van der Waals surface area contributed by atoms with E-state index in [9.17, 15) is 4.79 Å². The Labute approximate surface area is 133 Å². The number of nitrogens with zero attached hydrogens (tertiary/aromatic N) is 2. The lowest BCUT2D eigenvalue weighted by Crippen LogP contribution is -2.22. The highest BCUT2D eigenvalue weighted by molar-refractivity contribution is 6.30. The van der Waals surface area contributed by atoms with Gasteiger partial charge in [0.05, 0.1) is 5.56 Å². The Kier molecular flexibility index (Phi) is 4.11. The molecule has 2 heterocycles. The first-order valence-electron chi connectivity index (χ1n) is 7.15. The lowest BCUT2D eigenvalue weighted by molar-refractivity contribution is 0.0952. The molecule has 1 N–H and O–H groups in total. The smallest absolute Gasteiger partial charge is 0.253 e. The van der Waals surface area contributed by atoms with E-state index in [1.54, 1.807) is 6.20 Å². The average molecular weight is 314 g/mol. The van der Waals surface area contributed by atoms with Crippen molar-refractivity contribution in [3.63, 3.8) is 0 Å². The van der Waals surface area contributed by atoms with E-state index < -0.39 is 0 Å². The Morgan fingerprint density at radius 3 is 2.77 bits per heavy atom. The predicted molar refractivity (Wildman–Crippen MR) is 88.0 cm³/mol. The maximum Gasteiger partial charge on any atom is 0.253 e. The number of rotatable bonds is 4. The number of carbonyl (C=O) groups is 1. The summed E-state index contributed by atoms with van der Waals surface area (Å²) < 4.78 is 1.98. The third-order valence-corrected chi connectivity index (χ3v) is 3.84. The molecule has 5 heteroatoms. The molecular weight excluding hydrogens is 298 g/mol. The van der Waals surface area contributed by atoms with E-state index in [2.05, 4.69) is 10.3 Å². The fourth-order valence-corrected chi connectivity index (χ4v) is 2.55. The number of hydrogen-bond acceptors (Lipinski definition) is 2. The number of fused-ring (bicyclic) bond motifs is 1. The zero-order valence-corrected chi connectivity index (χ0v) is 13.0. The van der Waals surface area contributed by atoms with E-state index in [1.165, 1.54) is 0 Å². The molecule has 0 aliphatic rings. The summed E-state index contributed by atoms with van der Waals surface area (Å²) in [5, 5.41) is 4.50. The Morgan fingerprint density at radius 2 is 2.05 bits per heavy atom. The largest absolute Gasteiger partial charge is 0.348 e. The molecule has 0 fully saturated rings. The molecule has 3 aromatic rings. The van der Waals surface area contributed by atoms with Crippen LogP contribution in [0.3, 0.4) is 0 Å². The highest BCUT2D eigenvalue weighted by Crippen LogP contribution is 2.19. The van der Waals surface area contributed by atoms with Crippen LogP contribution in [-0.2, 0) is 13.1 Å². The number of amides is 1. The van der Waals surface area contributed by atoms with Crippen LogP contribution in [0.5, 0.6) is 0 Å². The SMILES string of the molecule is CCn1cc(C(=O)NCc2ccc(Cl)cc2)c2cccnc21. The van der Waals surface area contributed by atoms with Crippen molar-refractivity contribution in [1.29, 1.82) is 0 Å². The van der Waals surface area contributed by atoms with Crippen LogP contribution in [0.1, 0.15) is 22.8 Å². The summed E-state index contributed by atoms with van der Waals surface area (Å²) in [6.45, 7) is 3.27. The van der Waals surface area contributed by atoms with Gasteiger partial charge in [0.1, 0.15) is 5.65 Å². The first kappa shape index (κ1) is 14.6. The molecule has 0 atom stereocenters. The fraction of sp³-hybridized carbons (Fsp3) is 0.176. The second-order valence-electron chi connectivity index (χ2n) is 5.01. The van der Waals surface area contributed by atoms with Gasteiger partial charge in [-0.15, -0.1) is 0 Å². The van der Waals surface area contributed by atoms with Crippen molar-refractivity contribution in [3.05, 3.63) is 64.9 Å². The zero-order chi connectivity index (χ0) is 15.5. The molecule has 1 aromatic carbocycles. The molecule has 112 valence electrons. The van der Waals surface area contributed by atoms with E-state index in [4.69, 9.17) is 11.6 Å². The lowest BCUT2D eigenvalue weighted by atomic mass is 10.2. The van der Waals surface area contributed by atoms with Gasteiger partial charge in [-0.3, -0.25) is 4.79 Å². The normalized spacial score (nSPS) is 10.8. The summed E-state index contributed by atoms with van der Waals surface area (Å²) in [6.07, 6.45) is 3.60. The number of halogens is 1. The van der Waals surface area contributed by atoms with Crippen LogP contribution in [-0.4, -0.2) is 15.5 Å². The number of carbonyl (C=O) groups excluding carboxylic acids is 1. The van der Waals surface area contributed by atoms with Gasteiger partial charge >= 0.3 is 0 Å². The predicted octanol–water partition coefficient (Wildman–Crippen LogP) is 3.64. The molecule has 3 rings (SSSR count). The molecule has 0 aliphatic carbocycles. The first-order chi connectivity index (χ1) is 10.7. The Bertz CT molecular complexity index is 808. The van der Waals surface area contributed by atoms with Crippen molar-refractivity contribution in [1.82, 2.24) is 14.9 Å². The third kappa shape index (κ3) is 2.83. The molecule has 22 heavy (non-hydrogen) atoms. The topological polar surface area (TPSA) is 46.9 Å². The lowest BCUT2D eigenvalue weighted by Gasteiger charge is -2.04. The summed E-state index contributed by atoms with van der Waals surface area (Å²) in [5.41, 5.74) is 2.50. The van der Waals surface area contributed by atoms with E-state index in [0.29, 0.717) is 17.1 Å². The Balaban J connectivity index is 1.82. The number of aryl methyl sites for hydroxylation is 1. The highest BCUT2D eigenvalue weighted by Gasteiger charge is 2.14. The quantitative estimate of drug-likeness (QED) is 0.799. The monoisotopic (exact) mass is 313 g/mol. The minimum Gasteiger partial charge on any atom is -0.348 e. The van der Waals surface area contributed by atoms with Crippen molar-refractivity contribution < 1.29 is 4.79 Å². The van der Waals surface area contributed by atoms with Crippen molar-refractivity contribution in [2.24, 2.45) is 0 Å². The van der Waals surface area contributed by atoms with E-state index in [0.717, 1.165) is 23.1 Å². The molecule has 2 aromatic heterocycles. The highest BCUT2D eigenvalue weighted by atomic mass is 35.5. The standard InChI is InChI=1S/C17H16ClN3O/c1-2-21-11-15(14-4-3-9-19-16(14)21)17(22)20-10-12-5-7-13(18)8-6-12/h3-9,11H,2,10H2,1H3,(H,20,22). The van der Waals surface area contributed by atoms with Crippen LogP contribution >= 0.6 is 11.6 Å². The van der Waals surface area contributed by atoms with E-state index in [1.807, 2.05) is 54.1 Å². The minimum absolute atomic E-state index is 0.0971. The Hall–Kier alpha value is -2.33. The van der Waals surface area contributed by atoms with E-state index >= 15 is 0 Å². The second kappa shape index (κ2) is 6.20. The molecule has 0 aliphatic heterocycles. The van der Waals surface area contributed by atoms with Gasteiger partial charge in [0, 0.05) is 35.9 Å². The summed E-state index contributed by atoms with van der Waals surface area (Å²) >= 11 is 5.86. The number of aromatic nitrogens is 2. The number of benzene rings is 1. The molecule has 0 radical (unpaired) electrons. The van der Waals surface area contributed by atoms with Crippen LogP contribution in [0.4, 0.5) is 0 Å². The number of nitrogens with one attached hydrogen (secondary N) is 1. The molecule has 0 saturated heterocycles. The van der Waals surface area contributed by atoms with Gasteiger partial charge in [-0.25, -0.2) is 4.98 Å². The van der Waals surface area contributed by atoms with Crippen molar-refractivity contribution in [3.8, 4) is 0 Å². The zero-order valence-electron chi connectivity index (χ0n) is 12.2. The van der Waals surface area contributed by atoms with Crippen molar-refractivity contribution in [2.75, 3.05) is 0 Å². The molecule has 4 nitrogen and oxygen atoms in total. The molecular formula is C17H16ClN3O. The van der Waals surface area contributed by atoms with Gasteiger partial charge in [-0.2, -0.15) is 0 Å². The number of pyridine rings is 1. The van der Waals surface area contributed by atoms with Gasteiger partial charge in [-0.05, 0) is 36.8 Å². The van der Waals surface area contributed by atoms with Crippen LogP contribution in [0.15, 0.2) is 48.8 Å². The van der Waals surface area contributed by atoms with E-state index in [-0.39, 0.29) is 5.91 Å². The summed E-state index contributed by atoms with van der Waals surface area (Å²) in [6, 6.07) is 11.2. The van der Waals surface area contributed by atoms with Crippen molar-refractivity contribution >= 4 is 28.5 Å². The summed E-state index contributed by atoms with van der Waals surface area (Å²) in [4.78, 5) is 16.8. The van der Waals surface area contributed by atoms with Crippen LogP contribution < -0.4 is 5.32 Å². The van der Waals surface area contributed by atoms with Crippen molar-refractivity contribution in [2.45, 2.75) is 20.0 Å². The second-order valence-corrected chi connectivity index (χ2v) is 5.45. The van der Waals surface area contributed by atoms with Crippen LogP contribution in [0.2, 0.25) is 5.02 Å². The number of hydrogen-bond donors (Lipinski definition) is 1. The van der Waals surface area contributed by atoms with Crippen LogP contribution in [0, 0.1) is 0 Å². The van der Waals surface area contributed by atoms with Gasteiger partial charge in [0.25, 0.3) is 5.91 Å². The maximum atomic E-state index is 12.4. The minimum atomic E-state index is -0.0971. The summed E-state index contributed by atoms with van der Waals surface area (Å²) in [5.74, 6) is -0.0971.